The Balaban J connectivity index is 0.00000620. The van der Waals surface area contributed by atoms with Gasteiger partial charge in [0.15, 0.2) is 22.9 Å². The van der Waals surface area contributed by atoms with Gasteiger partial charge in [0, 0.05) is 22.9 Å². The van der Waals surface area contributed by atoms with Crippen LogP contribution in [-0.4, -0.2) is 78.5 Å². The first-order chi connectivity index (χ1) is 26.3. The van der Waals surface area contributed by atoms with Crippen molar-refractivity contribution in [3.8, 4) is 23.0 Å². The number of phenols is 2. The summed E-state index contributed by atoms with van der Waals surface area (Å²) in [6.07, 6.45) is 2.20. The minimum atomic E-state index is -4.96. The van der Waals surface area contributed by atoms with E-state index in [-0.39, 0.29) is 85.2 Å². The average Bonchev–Trinajstić information content (AvgIpc) is 3.13. The number of carbonyl (C=O) groups is 2. The number of aromatic hydroxyl groups is 4. The number of carboxylic acids is 2. The molecule has 6 aromatic rings. The summed E-state index contributed by atoms with van der Waals surface area (Å²) < 4.78 is 69.3. The van der Waals surface area contributed by atoms with E-state index in [1.165, 1.54) is 48.5 Å². The smallest absolute Gasteiger partial charge is 0.507 e. The molecule has 0 saturated heterocycles. The summed E-state index contributed by atoms with van der Waals surface area (Å²) in [5.74, 6) is -5.20. The molecule has 0 aliphatic carbocycles. The van der Waals surface area contributed by atoms with Crippen molar-refractivity contribution in [2.45, 2.75) is 9.79 Å². The average molecular weight is 826 g/mol. The maximum absolute atomic E-state index is 12.3. The van der Waals surface area contributed by atoms with E-state index >= 15 is 0 Å². The zero-order valence-corrected chi connectivity index (χ0v) is 32.2. The molecule has 0 radical (unpaired) electrons. The standard InChI is InChI=1S/C34H22N6O14S2.Na/c41-25-13-23(33(45)46)35-29-19(25)7-9-21(31(29)43)39-37-17-5-3-15(27(11-17)55(49,50)51)1-2-16-4-6-18(12-28(16)56(52,53)54)38-40-22-10-8-20-26(42)14-24(34(47)48)36-30(20)32(22)44;/h1-14,43-44H,(H,35,41)(H,36,42)(H,45,46)(H,47,48)(H,49,50,51)(H,52,53,54);/q;+1/b2-1+,39-37?,40-38?;. The molecule has 0 spiro atoms. The van der Waals surface area contributed by atoms with Crippen molar-refractivity contribution in [2.75, 3.05) is 0 Å². The van der Waals surface area contributed by atoms with Crippen LogP contribution in [0, 0.1) is 0 Å². The molecule has 2 heterocycles. The fourth-order valence-corrected chi connectivity index (χ4v) is 6.58. The quantitative estimate of drug-likeness (QED) is 0.0424. The van der Waals surface area contributed by atoms with Gasteiger partial charge in [-0.2, -0.15) is 27.1 Å². The Labute approximate surface area is 341 Å². The fourth-order valence-electron chi connectivity index (χ4n) is 5.17. The Kier molecular flexibility index (Phi) is 11.7. The number of aromatic nitrogens is 2. The summed E-state index contributed by atoms with van der Waals surface area (Å²) in [5, 5.41) is 75.4. The molecule has 0 unspecified atom stereocenters. The molecule has 2 aromatic heterocycles. The monoisotopic (exact) mass is 825 g/mol. The molecule has 0 fully saturated rings. The van der Waals surface area contributed by atoms with Crippen LogP contribution in [0.2, 0.25) is 0 Å². The first kappa shape index (κ1) is 41.8. The third kappa shape index (κ3) is 8.86. The number of hydrogen-bond donors (Lipinski definition) is 8. The van der Waals surface area contributed by atoms with Crippen molar-refractivity contribution < 1.29 is 95.7 Å². The largest absolute Gasteiger partial charge is 1.00 e. The molecule has 23 heteroatoms. The summed E-state index contributed by atoms with van der Waals surface area (Å²) in [4.78, 5) is 28.9. The number of carboxylic acid groups (broad SMARTS) is 2. The maximum atomic E-state index is 12.3. The summed E-state index contributed by atoms with van der Waals surface area (Å²) in [5.41, 5.74) is -2.91. The molecular formula is C34H22N6NaO14S2+. The number of phenolic OH excluding ortho intramolecular Hbond substituents is 2. The van der Waals surface area contributed by atoms with E-state index in [0.717, 1.165) is 36.4 Å². The van der Waals surface area contributed by atoms with E-state index in [1.54, 1.807) is 0 Å². The molecule has 0 aliphatic rings. The van der Waals surface area contributed by atoms with Gasteiger partial charge >= 0.3 is 41.5 Å². The first-order valence-corrected chi connectivity index (χ1v) is 18.1. The van der Waals surface area contributed by atoms with Crippen LogP contribution in [-0.2, 0) is 20.2 Å². The van der Waals surface area contributed by atoms with Gasteiger partial charge in [-0.3, -0.25) is 9.11 Å². The maximum Gasteiger partial charge on any atom is 1.00 e. The Morgan fingerprint density at radius 3 is 1.25 bits per heavy atom. The SMILES string of the molecule is O=C(O)c1cc(O)c2ccc(N=Nc3ccc(/C=C/c4ccc(N=Nc5ccc6c(O)cc(C(=O)O)nc6c5O)cc4S(=O)(=O)O)c(S(=O)(=O)O)c3)c(O)c2n1.[Na+]. The van der Waals surface area contributed by atoms with Gasteiger partial charge in [0.2, 0.25) is 0 Å². The molecule has 0 atom stereocenters. The number of hydrogen-bond acceptors (Lipinski definition) is 16. The topological polar surface area (TPSA) is 339 Å². The van der Waals surface area contributed by atoms with Crippen LogP contribution in [0.5, 0.6) is 23.0 Å². The van der Waals surface area contributed by atoms with Crippen LogP contribution in [0.1, 0.15) is 32.1 Å². The molecule has 57 heavy (non-hydrogen) atoms. The molecule has 20 nitrogen and oxygen atoms in total. The number of pyridine rings is 2. The van der Waals surface area contributed by atoms with Gasteiger partial charge in [0.25, 0.3) is 20.2 Å². The summed E-state index contributed by atoms with van der Waals surface area (Å²) in [7, 11) is -9.92. The second-order valence-electron chi connectivity index (χ2n) is 11.5. The molecule has 0 amide bonds. The summed E-state index contributed by atoms with van der Waals surface area (Å²) >= 11 is 0. The number of azo groups is 2. The van der Waals surface area contributed by atoms with Crippen LogP contribution < -0.4 is 29.6 Å². The van der Waals surface area contributed by atoms with Crippen molar-refractivity contribution in [3.63, 3.8) is 0 Å². The third-order valence-corrected chi connectivity index (χ3v) is 9.62. The summed E-state index contributed by atoms with van der Waals surface area (Å²) in [6.45, 7) is 0. The molecule has 284 valence electrons. The van der Waals surface area contributed by atoms with Crippen molar-refractivity contribution >= 4 is 88.9 Å². The van der Waals surface area contributed by atoms with Gasteiger partial charge in [-0.05, 0) is 59.7 Å². The van der Waals surface area contributed by atoms with E-state index in [1.807, 2.05) is 0 Å². The summed E-state index contributed by atoms with van der Waals surface area (Å²) in [6, 6.07) is 13.4. The molecule has 0 aliphatic heterocycles. The van der Waals surface area contributed by atoms with Gasteiger partial charge in [-0.25, -0.2) is 19.6 Å². The Morgan fingerprint density at radius 1 is 0.544 bits per heavy atom. The van der Waals surface area contributed by atoms with E-state index in [0.29, 0.717) is 0 Å². The van der Waals surface area contributed by atoms with Gasteiger partial charge in [0.1, 0.15) is 43.7 Å². The second kappa shape index (κ2) is 16.0. The second-order valence-corrected chi connectivity index (χ2v) is 14.2. The number of fused-ring (bicyclic) bond motifs is 2. The van der Waals surface area contributed by atoms with Gasteiger partial charge in [-0.15, -0.1) is 10.2 Å². The van der Waals surface area contributed by atoms with Crippen LogP contribution in [0.3, 0.4) is 0 Å². The first-order valence-electron chi connectivity index (χ1n) is 15.2. The molecule has 0 saturated carbocycles. The molecular weight excluding hydrogens is 804 g/mol. The fraction of sp³-hybridized carbons (Fsp3) is 0. The zero-order valence-electron chi connectivity index (χ0n) is 28.6. The molecule has 4 aromatic carbocycles. The zero-order chi connectivity index (χ0) is 40.7. The molecule has 0 bridgehead atoms. The minimum absolute atomic E-state index is 0. The van der Waals surface area contributed by atoms with Crippen LogP contribution in [0.15, 0.2) is 103 Å². The Bertz CT molecular complexity index is 2790. The Hall–Kier alpha value is -6.40. The van der Waals surface area contributed by atoms with E-state index in [9.17, 15) is 66.2 Å². The normalized spacial score (nSPS) is 12.2. The predicted molar refractivity (Wildman–Crippen MR) is 194 cm³/mol. The van der Waals surface area contributed by atoms with Crippen molar-refractivity contribution in [3.05, 3.63) is 95.3 Å². The van der Waals surface area contributed by atoms with Crippen LogP contribution >= 0.6 is 0 Å². The van der Waals surface area contributed by atoms with Gasteiger partial charge in [-0.1, -0.05) is 24.3 Å². The van der Waals surface area contributed by atoms with Gasteiger partial charge in [0.05, 0.1) is 11.4 Å². The van der Waals surface area contributed by atoms with Crippen LogP contribution in [0.4, 0.5) is 22.7 Å². The predicted octanol–water partition coefficient (Wildman–Crippen LogP) is 3.50. The number of benzene rings is 4. The Morgan fingerprint density at radius 2 is 0.912 bits per heavy atom. The van der Waals surface area contributed by atoms with Crippen LogP contribution in [0.25, 0.3) is 34.0 Å². The van der Waals surface area contributed by atoms with E-state index < -0.39 is 76.4 Å². The van der Waals surface area contributed by atoms with Crippen molar-refractivity contribution in [2.24, 2.45) is 20.5 Å². The number of nitrogens with zero attached hydrogens (tertiary/aromatic N) is 6. The minimum Gasteiger partial charge on any atom is -0.507 e. The van der Waals surface area contributed by atoms with E-state index in [4.69, 9.17) is 0 Å². The molecule has 8 N–H and O–H groups in total. The number of rotatable bonds is 10. The van der Waals surface area contributed by atoms with E-state index in [2.05, 4.69) is 30.4 Å². The van der Waals surface area contributed by atoms with Gasteiger partial charge < -0.3 is 30.6 Å². The van der Waals surface area contributed by atoms with Crippen molar-refractivity contribution in [1.82, 2.24) is 9.97 Å². The van der Waals surface area contributed by atoms with Crippen molar-refractivity contribution in [1.29, 1.82) is 0 Å². The molecule has 6 rings (SSSR count). The number of aromatic carboxylic acids is 2. The third-order valence-electron chi connectivity index (χ3n) is 7.80.